The van der Waals surface area contributed by atoms with Gasteiger partial charge in [0.15, 0.2) is 11.5 Å². The molecule has 2 N–H and O–H groups in total. The van der Waals surface area contributed by atoms with Crippen molar-refractivity contribution in [1.29, 1.82) is 0 Å². The molecule has 0 amide bonds. The van der Waals surface area contributed by atoms with Gasteiger partial charge in [0, 0.05) is 17.3 Å². The van der Waals surface area contributed by atoms with Crippen LogP contribution in [0.1, 0.15) is 32.1 Å². The summed E-state index contributed by atoms with van der Waals surface area (Å²) in [6.07, 6.45) is 9.88. The van der Waals surface area contributed by atoms with Gasteiger partial charge in [-0.3, -0.25) is 10.1 Å². The van der Waals surface area contributed by atoms with Crippen molar-refractivity contribution in [2.75, 3.05) is 0 Å². The minimum atomic E-state index is 0.277. The molecule has 0 bridgehead atoms. The number of thiophene rings is 1. The van der Waals surface area contributed by atoms with Crippen LogP contribution in [0, 0.1) is 0 Å². The Morgan fingerprint density at radius 3 is 2.72 bits per heavy atom. The van der Waals surface area contributed by atoms with Crippen LogP contribution in [0.15, 0.2) is 65.6 Å². The van der Waals surface area contributed by atoms with Crippen LogP contribution in [0.25, 0.3) is 56.0 Å². The number of rotatable bonds is 5. The molecular formula is C28H24N6OS. The first-order valence-electron chi connectivity index (χ1n) is 12.3. The minimum absolute atomic E-state index is 0.277. The van der Waals surface area contributed by atoms with Gasteiger partial charge in [-0.05, 0) is 72.3 Å². The molecule has 0 atom stereocenters. The van der Waals surface area contributed by atoms with Crippen molar-refractivity contribution in [1.82, 2.24) is 30.1 Å². The highest BCUT2D eigenvalue weighted by molar-refractivity contribution is 7.08. The Bertz CT molecular complexity index is 1660. The highest BCUT2D eigenvalue weighted by Gasteiger charge is 2.18. The highest BCUT2D eigenvalue weighted by atomic mass is 32.1. The molecule has 6 aromatic rings. The summed E-state index contributed by atoms with van der Waals surface area (Å²) in [5.41, 5.74) is 8.22. The van der Waals surface area contributed by atoms with Crippen molar-refractivity contribution in [3.8, 4) is 39.7 Å². The van der Waals surface area contributed by atoms with Crippen molar-refractivity contribution in [3.63, 3.8) is 0 Å². The summed E-state index contributed by atoms with van der Waals surface area (Å²) >= 11 is 1.68. The first-order valence-corrected chi connectivity index (χ1v) is 13.2. The molecule has 1 fully saturated rings. The number of benzene rings is 1. The predicted octanol–water partition coefficient (Wildman–Crippen LogP) is 7.00. The molecular weight excluding hydrogens is 468 g/mol. The summed E-state index contributed by atoms with van der Waals surface area (Å²) < 4.78 is 6.24. The number of pyridine rings is 2. The number of fused-ring (bicyclic) bond motifs is 2. The molecule has 1 saturated carbocycles. The molecule has 178 valence electrons. The number of hydrogen-bond acceptors (Lipinski definition) is 6. The predicted molar refractivity (Wildman–Crippen MR) is 143 cm³/mol. The van der Waals surface area contributed by atoms with Crippen LogP contribution in [0.5, 0.6) is 5.75 Å². The van der Waals surface area contributed by atoms with E-state index >= 15 is 0 Å². The largest absolute Gasteiger partial charge is 0.489 e. The lowest BCUT2D eigenvalue weighted by Gasteiger charge is -2.22. The fourth-order valence-corrected chi connectivity index (χ4v) is 5.67. The molecule has 7 nitrogen and oxygen atoms in total. The molecule has 0 unspecified atom stereocenters. The van der Waals surface area contributed by atoms with E-state index < -0.39 is 0 Å². The van der Waals surface area contributed by atoms with Crippen LogP contribution < -0.4 is 4.74 Å². The van der Waals surface area contributed by atoms with Gasteiger partial charge < -0.3 is 9.72 Å². The molecule has 1 aromatic carbocycles. The zero-order chi connectivity index (χ0) is 23.9. The summed E-state index contributed by atoms with van der Waals surface area (Å²) in [5, 5.41) is 11.9. The number of ether oxygens (including phenoxy) is 1. The second-order valence-corrected chi connectivity index (χ2v) is 10.0. The monoisotopic (exact) mass is 492 g/mol. The zero-order valence-corrected chi connectivity index (χ0v) is 20.4. The number of hydrogen-bond donors (Lipinski definition) is 2. The number of para-hydroxylation sites is 1. The Balaban J connectivity index is 1.26. The Kier molecular flexibility index (Phi) is 5.24. The fourth-order valence-electron chi connectivity index (χ4n) is 5.02. The van der Waals surface area contributed by atoms with Crippen molar-refractivity contribution in [3.05, 3.63) is 65.6 Å². The molecule has 5 aromatic heterocycles. The number of aromatic nitrogens is 6. The maximum Gasteiger partial charge on any atom is 0.161 e. The van der Waals surface area contributed by atoms with Crippen LogP contribution in [0.2, 0.25) is 0 Å². The Hall–Kier alpha value is -4.04. The molecule has 36 heavy (non-hydrogen) atoms. The van der Waals surface area contributed by atoms with E-state index in [9.17, 15) is 0 Å². The maximum atomic E-state index is 6.24. The normalized spacial score (nSPS) is 14.6. The summed E-state index contributed by atoms with van der Waals surface area (Å²) in [6, 6.07) is 14.3. The second kappa shape index (κ2) is 8.87. The van der Waals surface area contributed by atoms with Crippen LogP contribution in [-0.2, 0) is 0 Å². The Morgan fingerprint density at radius 1 is 0.889 bits per heavy atom. The zero-order valence-electron chi connectivity index (χ0n) is 19.6. The summed E-state index contributed by atoms with van der Waals surface area (Å²) in [5.74, 6) is 1.49. The lowest BCUT2D eigenvalue weighted by molar-refractivity contribution is 0.154. The second-order valence-electron chi connectivity index (χ2n) is 9.25. The quantitative estimate of drug-likeness (QED) is 0.270. The van der Waals surface area contributed by atoms with Gasteiger partial charge in [-0.15, -0.1) is 0 Å². The van der Waals surface area contributed by atoms with E-state index in [0.717, 1.165) is 57.5 Å². The maximum absolute atomic E-state index is 6.24. The van der Waals surface area contributed by atoms with Gasteiger partial charge in [0.05, 0.1) is 34.5 Å². The highest BCUT2D eigenvalue weighted by Crippen LogP contribution is 2.33. The first kappa shape index (κ1) is 21.3. The number of nitrogens with one attached hydrogen (secondary N) is 2. The molecule has 0 radical (unpaired) electrons. The third-order valence-corrected chi connectivity index (χ3v) is 7.52. The van der Waals surface area contributed by atoms with Gasteiger partial charge in [-0.2, -0.15) is 16.4 Å². The molecule has 1 aliphatic carbocycles. The lowest BCUT2D eigenvalue weighted by atomic mass is 9.98. The summed E-state index contributed by atoms with van der Waals surface area (Å²) in [6.45, 7) is 0. The van der Waals surface area contributed by atoms with E-state index in [1.807, 2.05) is 36.5 Å². The van der Waals surface area contributed by atoms with Crippen molar-refractivity contribution in [2.24, 2.45) is 0 Å². The third kappa shape index (κ3) is 3.83. The van der Waals surface area contributed by atoms with Crippen molar-refractivity contribution < 1.29 is 4.74 Å². The molecule has 0 spiro atoms. The van der Waals surface area contributed by atoms with Crippen LogP contribution in [-0.4, -0.2) is 36.2 Å². The number of H-pyrrole nitrogens is 2. The SMILES string of the molecule is c1cc(-c2ccsc2)c2nc(-c3n[nH]c4ccc(-c5cncc(OC6CCCCC6)c5)nc34)[nH]c2c1. The fraction of sp³-hybridized carbons (Fsp3) is 0.214. The van der Waals surface area contributed by atoms with E-state index in [-0.39, 0.29) is 6.10 Å². The standard InChI is InChI=1S/C28H24N6OS/c1-2-5-19(6-3-1)35-20-13-18(14-29-15-20)22-9-10-24-26(30-22)27(34-33-24)28-31-23-8-4-7-21(25(23)32-28)17-11-12-36-16-17/h4,7-16,19H,1-3,5-6H2,(H,31,32)(H,33,34). The number of nitrogens with zero attached hydrogens (tertiary/aromatic N) is 4. The topological polar surface area (TPSA) is 92.4 Å². The lowest BCUT2D eigenvalue weighted by Crippen LogP contribution is -2.19. The van der Waals surface area contributed by atoms with E-state index in [0.29, 0.717) is 11.5 Å². The molecule has 5 heterocycles. The average molecular weight is 493 g/mol. The van der Waals surface area contributed by atoms with E-state index in [2.05, 4.69) is 43.1 Å². The molecule has 0 saturated heterocycles. The molecule has 7 rings (SSSR count). The summed E-state index contributed by atoms with van der Waals surface area (Å²) in [4.78, 5) is 17.8. The van der Waals surface area contributed by atoms with E-state index in [1.54, 1.807) is 17.5 Å². The van der Waals surface area contributed by atoms with Crippen LogP contribution in [0.4, 0.5) is 0 Å². The summed E-state index contributed by atoms with van der Waals surface area (Å²) in [7, 11) is 0. The number of imidazole rings is 1. The van der Waals surface area contributed by atoms with Crippen molar-refractivity contribution in [2.45, 2.75) is 38.2 Å². The van der Waals surface area contributed by atoms with Gasteiger partial charge in [-0.25, -0.2) is 9.97 Å². The van der Waals surface area contributed by atoms with Crippen LogP contribution in [0.3, 0.4) is 0 Å². The Morgan fingerprint density at radius 2 is 1.83 bits per heavy atom. The molecule has 0 aliphatic heterocycles. The third-order valence-electron chi connectivity index (χ3n) is 6.84. The first-order chi connectivity index (χ1) is 17.8. The van der Waals surface area contributed by atoms with Gasteiger partial charge >= 0.3 is 0 Å². The van der Waals surface area contributed by atoms with Gasteiger partial charge in [0.2, 0.25) is 0 Å². The average Bonchev–Trinajstić information content (AvgIpc) is 3.68. The number of aromatic amines is 2. The van der Waals surface area contributed by atoms with Gasteiger partial charge in [-0.1, -0.05) is 18.6 Å². The van der Waals surface area contributed by atoms with Crippen LogP contribution >= 0.6 is 11.3 Å². The van der Waals surface area contributed by atoms with E-state index in [4.69, 9.17) is 14.7 Å². The molecule has 1 aliphatic rings. The van der Waals surface area contributed by atoms with Gasteiger partial charge in [0.25, 0.3) is 0 Å². The van der Waals surface area contributed by atoms with E-state index in [1.165, 1.54) is 24.8 Å². The van der Waals surface area contributed by atoms with Crippen molar-refractivity contribution >= 4 is 33.4 Å². The Labute approximate surface area is 211 Å². The minimum Gasteiger partial charge on any atom is -0.489 e. The van der Waals surface area contributed by atoms with Gasteiger partial charge in [0.1, 0.15) is 11.3 Å². The molecule has 8 heteroatoms. The smallest absolute Gasteiger partial charge is 0.161 e.